The molecule has 0 radical (unpaired) electrons. The first kappa shape index (κ1) is 55.9. The molecule has 0 heterocycles. The van der Waals surface area contributed by atoms with Gasteiger partial charge in [-0.2, -0.15) is 0 Å². The van der Waals surface area contributed by atoms with E-state index < -0.39 is 21.8 Å². The monoisotopic (exact) mass is 1190 g/mol. The van der Waals surface area contributed by atoms with Crippen LogP contribution in [0.4, 0.5) is 0 Å². The molecule has 0 aliphatic heterocycles. The van der Waals surface area contributed by atoms with Crippen molar-refractivity contribution in [3.63, 3.8) is 0 Å². The van der Waals surface area contributed by atoms with Crippen LogP contribution in [0.2, 0.25) is 0 Å². The quantitative estimate of drug-likeness (QED) is 0.0845. The van der Waals surface area contributed by atoms with Gasteiger partial charge in [-0.1, -0.05) is 218 Å². The third-order valence-electron chi connectivity index (χ3n) is 13.7. The van der Waals surface area contributed by atoms with E-state index in [1.165, 1.54) is 63.7 Å². The molecule has 0 saturated carbocycles. The minimum Gasteiger partial charge on any atom is -0.0620 e. The summed E-state index contributed by atoms with van der Waals surface area (Å²) in [5.41, 5.74) is 0. The maximum Gasteiger partial charge on any atom is 0.144 e. The number of rotatable bonds is 12. The van der Waals surface area contributed by atoms with Gasteiger partial charge >= 0.3 is 34.5 Å². The normalized spacial score (nSPS) is 11.1. The van der Waals surface area contributed by atoms with Crippen molar-refractivity contribution in [2.75, 3.05) is 0 Å². The zero-order valence-corrected chi connectivity index (χ0v) is 49.0. The molecule has 0 saturated heterocycles. The molecule has 0 fully saturated rings. The maximum atomic E-state index is 4.85. The largest absolute Gasteiger partial charge is 0.144 e. The Balaban J connectivity index is 0.000000139. The van der Waals surface area contributed by atoms with Gasteiger partial charge in [0, 0.05) is 0 Å². The minimum atomic E-state index is -1.91. The molecule has 0 nitrogen and oxygen atoms in total. The fraction of sp³-hybridized carbons (Fsp3) is 0. The maximum absolute atomic E-state index is 4.85. The summed E-state index contributed by atoms with van der Waals surface area (Å²) in [6, 6.07) is 131. The van der Waals surface area contributed by atoms with E-state index in [0.717, 1.165) is 0 Å². The first-order valence-corrected chi connectivity index (χ1v) is 35.7. The van der Waals surface area contributed by atoms with Crippen molar-refractivity contribution in [1.82, 2.24) is 0 Å². The molecule has 0 N–H and O–H groups in total. The zero-order chi connectivity index (χ0) is 53.6. The summed E-state index contributed by atoms with van der Waals surface area (Å²) in [6.45, 7) is 0. The molecule has 0 bridgehead atoms. The van der Waals surface area contributed by atoms with Crippen LogP contribution in [-0.2, 0) is 15.1 Å². The summed E-state index contributed by atoms with van der Waals surface area (Å²) >= 11 is -0.346. The Morgan fingerprint density at radius 1 is 0.141 bits per heavy atom. The Labute approximate surface area is 480 Å². The molecule has 0 aliphatic rings. The van der Waals surface area contributed by atoms with Gasteiger partial charge in [-0.05, 0) is 146 Å². The van der Waals surface area contributed by atoms with Crippen LogP contribution >= 0.6 is 41.2 Å². The van der Waals surface area contributed by atoms with Crippen LogP contribution < -0.4 is 63.7 Å². The van der Waals surface area contributed by atoms with E-state index in [1.807, 2.05) is 0 Å². The Bertz CT molecular complexity index is 2680. The van der Waals surface area contributed by atoms with E-state index in [4.69, 9.17) is 19.4 Å². The van der Waals surface area contributed by atoms with Gasteiger partial charge in [0.05, 0.1) is 0 Å². The van der Waals surface area contributed by atoms with E-state index in [-0.39, 0.29) is 15.1 Å². The summed E-state index contributed by atoms with van der Waals surface area (Å²) in [4.78, 5) is 0. The Morgan fingerprint density at radius 3 is 0.269 bits per heavy atom. The van der Waals surface area contributed by atoms with Crippen LogP contribution in [-0.4, -0.2) is 0 Å². The molecule has 0 aromatic heterocycles. The fourth-order valence-electron chi connectivity index (χ4n) is 10.5. The van der Waals surface area contributed by atoms with Crippen LogP contribution in [0.5, 0.6) is 0 Å². The topological polar surface area (TPSA) is 0 Å². The predicted molar refractivity (Wildman–Crippen MR) is 345 cm³/mol. The molecular weight excluding hydrogens is 1130 g/mol. The molecule has 0 aliphatic carbocycles. The number of hydrogen-bond acceptors (Lipinski definition) is 0. The van der Waals surface area contributed by atoms with E-state index >= 15 is 0 Å². The molecule has 0 spiro atoms. The average molecular weight is 1190 g/mol. The summed E-state index contributed by atoms with van der Waals surface area (Å²) in [5, 5.41) is 16.7. The first-order chi connectivity index (χ1) is 38.7. The average Bonchev–Trinajstić information content (AvgIpc) is 3.72. The third-order valence-corrected chi connectivity index (χ3v) is 26.6. The summed E-state index contributed by atoms with van der Waals surface area (Å²) in [6.07, 6.45) is 0. The molecule has 0 unspecified atom stereocenters. The molecule has 78 heavy (non-hydrogen) atoms. The van der Waals surface area contributed by atoms with Crippen LogP contribution in [0.1, 0.15) is 0 Å². The van der Waals surface area contributed by atoms with Crippen molar-refractivity contribution < 1.29 is 15.1 Å². The molecule has 0 atom stereocenters. The zero-order valence-electron chi connectivity index (χ0n) is 43.1. The van der Waals surface area contributed by atoms with Crippen molar-refractivity contribution in [2.24, 2.45) is 0 Å². The second kappa shape index (κ2) is 28.7. The van der Waals surface area contributed by atoms with Gasteiger partial charge in [-0.15, -0.1) is 0 Å². The van der Waals surface area contributed by atoms with Crippen LogP contribution in [0, 0.1) is 0 Å². The Kier molecular flexibility index (Phi) is 20.5. The van der Waals surface area contributed by atoms with Gasteiger partial charge in [0.1, 0.15) is 85.4 Å². The minimum absolute atomic E-state index is 0.346. The van der Waals surface area contributed by atoms with Gasteiger partial charge in [0.2, 0.25) is 0 Å². The first-order valence-electron chi connectivity index (χ1n) is 25.9. The van der Waals surface area contributed by atoms with Gasteiger partial charge in [-0.3, -0.25) is 0 Å². The summed E-state index contributed by atoms with van der Waals surface area (Å²) in [7, 11) is 3.99. The molecule has 12 rings (SSSR count). The predicted octanol–water partition coefficient (Wildman–Crippen LogP) is 14.3. The van der Waals surface area contributed by atoms with Crippen molar-refractivity contribution in [3.05, 3.63) is 364 Å². The molecule has 6 heteroatoms. The van der Waals surface area contributed by atoms with Crippen LogP contribution in [0.3, 0.4) is 0 Å². The molecule has 12 aromatic carbocycles. The standard InChI is InChI=1S/3C24H20P.2ClH.Ru/c3*1-5-13-21(14-6-1)25(22-15-7-2-8-16-22,23-17-9-3-10-18-23)24-19-11-4-12-20-24;;;/h3*1-20H;2*1H;/q3*+1;;;+2/p-2. The van der Waals surface area contributed by atoms with Gasteiger partial charge in [0.25, 0.3) is 0 Å². The Hall–Kier alpha value is -6.87. The SMILES string of the molecule is [Cl][Ru][Cl].c1ccc([P+](c2ccccc2)(c2ccccc2)c2ccccc2)cc1.c1ccc([P+](c2ccccc2)(c2ccccc2)c2ccccc2)cc1.c1ccc([P+](c2ccccc2)(c2ccccc2)c2ccccc2)cc1. The third kappa shape index (κ3) is 12.4. The van der Waals surface area contributed by atoms with Crippen molar-refractivity contribution in [1.29, 1.82) is 0 Å². The number of halogens is 2. The van der Waals surface area contributed by atoms with E-state index in [2.05, 4.69) is 364 Å². The van der Waals surface area contributed by atoms with Gasteiger partial charge < -0.3 is 0 Å². The van der Waals surface area contributed by atoms with Crippen molar-refractivity contribution in [3.8, 4) is 0 Å². The summed E-state index contributed by atoms with van der Waals surface area (Å²) in [5.74, 6) is 0. The van der Waals surface area contributed by atoms with Crippen LogP contribution in [0.15, 0.2) is 364 Å². The van der Waals surface area contributed by atoms with E-state index in [9.17, 15) is 0 Å². The van der Waals surface area contributed by atoms with Crippen molar-refractivity contribution >= 4 is 105 Å². The van der Waals surface area contributed by atoms with E-state index in [0.29, 0.717) is 0 Å². The van der Waals surface area contributed by atoms with Gasteiger partial charge in [-0.25, -0.2) is 0 Å². The van der Waals surface area contributed by atoms with Gasteiger partial charge in [0.15, 0.2) is 0 Å². The number of benzene rings is 12. The summed E-state index contributed by atoms with van der Waals surface area (Å²) < 4.78 is 0. The smallest absolute Gasteiger partial charge is 0.0620 e. The second-order valence-electron chi connectivity index (χ2n) is 18.1. The van der Waals surface area contributed by atoms with Crippen molar-refractivity contribution in [2.45, 2.75) is 0 Å². The fourth-order valence-corrected chi connectivity index (χ4v) is 23.3. The Morgan fingerprint density at radius 2 is 0.205 bits per heavy atom. The van der Waals surface area contributed by atoms with E-state index in [1.54, 1.807) is 0 Å². The molecule has 0 amide bonds. The molecule has 12 aromatic rings. The molecule has 382 valence electrons. The second-order valence-corrected chi connectivity index (χ2v) is 31.0. The van der Waals surface area contributed by atoms with Crippen LogP contribution in [0.25, 0.3) is 0 Å². The number of hydrogen-bond donors (Lipinski definition) is 0. The molecular formula is C72H60Cl2P3Ru+3.